The minimum atomic E-state index is -0.129. The Morgan fingerprint density at radius 3 is 2.69 bits per heavy atom. The number of nitrogens with two attached hydrogens (primary N) is 1. The van der Waals surface area contributed by atoms with Gasteiger partial charge in [0.2, 0.25) is 0 Å². The second-order valence-electron chi connectivity index (χ2n) is 7.37. The van der Waals surface area contributed by atoms with Crippen molar-refractivity contribution in [3.63, 3.8) is 0 Å². The fourth-order valence-electron chi connectivity index (χ4n) is 3.57. The Morgan fingerprint density at radius 1 is 1.23 bits per heavy atom. The summed E-state index contributed by atoms with van der Waals surface area (Å²) >= 11 is 1.54. The fraction of sp³-hybridized carbons (Fsp3) is 0.421. The summed E-state index contributed by atoms with van der Waals surface area (Å²) in [5.41, 5.74) is 10.3. The molecule has 0 unspecified atom stereocenters. The topological polar surface area (TPSA) is 77.0 Å². The van der Waals surface area contributed by atoms with Gasteiger partial charge in [-0.1, -0.05) is 6.07 Å². The van der Waals surface area contributed by atoms with E-state index in [4.69, 9.17) is 10.7 Å². The molecule has 2 N–H and O–H groups in total. The van der Waals surface area contributed by atoms with Gasteiger partial charge in [0.05, 0.1) is 27.0 Å². The first-order valence-electron chi connectivity index (χ1n) is 8.84. The number of fused-ring (bicyclic) bond motifs is 1. The lowest BCUT2D eigenvalue weighted by Crippen LogP contribution is -2.49. The van der Waals surface area contributed by atoms with E-state index in [0.717, 1.165) is 47.7 Å². The number of rotatable bonds is 2. The Kier molecular flexibility index (Phi) is 4.08. The third kappa shape index (κ3) is 2.81. The van der Waals surface area contributed by atoms with E-state index in [1.165, 1.54) is 0 Å². The van der Waals surface area contributed by atoms with Gasteiger partial charge in [0.15, 0.2) is 0 Å². The molecule has 1 aromatic carbocycles. The van der Waals surface area contributed by atoms with E-state index < -0.39 is 0 Å². The van der Waals surface area contributed by atoms with Crippen molar-refractivity contribution in [1.82, 2.24) is 14.5 Å². The van der Waals surface area contributed by atoms with Crippen molar-refractivity contribution in [1.29, 1.82) is 0 Å². The van der Waals surface area contributed by atoms with Crippen LogP contribution in [0.25, 0.3) is 15.9 Å². The molecule has 4 rings (SSSR count). The van der Waals surface area contributed by atoms with Crippen molar-refractivity contribution in [2.45, 2.75) is 39.2 Å². The molecule has 136 valence electrons. The van der Waals surface area contributed by atoms with Crippen molar-refractivity contribution in [3.05, 3.63) is 45.5 Å². The van der Waals surface area contributed by atoms with Crippen molar-refractivity contribution in [3.8, 4) is 5.69 Å². The molecule has 7 heteroatoms. The number of aromatic nitrogens is 3. The van der Waals surface area contributed by atoms with Gasteiger partial charge < -0.3 is 10.6 Å². The van der Waals surface area contributed by atoms with Gasteiger partial charge in [0.25, 0.3) is 5.56 Å². The molecule has 6 nitrogen and oxygen atoms in total. The van der Waals surface area contributed by atoms with E-state index in [1.54, 1.807) is 21.4 Å². The number of nitrogens with zero attached hydrogens (tertiary/aromatic N) is 4. The van der Waals surface area contributed by atoms with Gasteiger partial charge in [0, 0.05) is 18.6 Å². The van der Waals surface area contributed by atoms with E-state index in [0.29, 0.717) is 11.4 Å². The first-order chi connectivity index (χ1) is 12.4. The summed E-state index contributed by atoms with van der Waals surface area (Å²) in [4.78, 5) is 24.6. The van der Waals surface area contributed by atoms with Gasteiger partial charge in [-0.25, -0.2) is 9.97 Å². The second-order valence-corrected chi connectivity index (χ2v) is 8.22. The molecule has 1 aliphatic heterocycles. The largest absolute Gasteiger partial charge is 0.356 e. The average Bonchev–Trinajstić information content (AvgIpc) is 3.08. The monoisotopic (exact) mass is 369 g/mol. The van der Waals surface area contributed by atoms with Crippen molar-refractivity contribution < 1.29 is 0 Å². The number of thiazole rings is 1. The summed E-state index contributed by atoms with van der Waals surface area (Å²) in [5, 5.41) is 0. The van der Waals surface area contributed by atoms with Crippen LogP contribution in [0.4, 0.5) is 5.82 Å². The summed E-state index contributed by atoms with van der Waals surface area (Å²) < 4.78 is 2.71. The molecule has 1 aliphatic rings. The lowest BCUT2D eigenvalue weighted by molar-refractivity contribution is 0.362. The van der Waals surface area contributed by atoms with Gasteiger partial charge in [-0.15, -0.1) is 11.3 Å². The molecule has 0 saturated carbocycles. The number of benzene rings is 1. The highest BCUT2D eigenvalue weighted by Crippen LogP contribution is 2.28. The molecular weight excluding hydrogens is 346 g/mol. The maximum Gasteiger partial charge on any atom is 0.263 e. The maximum atomic E-state index is 13.2. The van der Waals surface area contributed by atoms with E-state index in [2.05, 4.69) is 16.8 Å². The Morgan fingerprint density at radius 2 is 1.96 bits per heavy atom. The maximum absolute atomic E-state index is 13.2. The fourth-order valence-corrected chi connectivity index (χ4v) is 4.36. The highest BCUT2D eigenvalue weighted by molar-refractivity contribution is 7.17. The summed E-state index contributed by atoms with van der Waals surface area (Å²) in [6, 6.07) is 5.84. The number of aryl methyl sites for hydroxylation is 1. The minimum Gasteiger partial charge on any atom is -0.356 e. The Hall–Kier alpha value is -2.25. The normalized spacial score (nSPS) is 17.0. The minimum absolute atomic E-state index is 0.0190. The standard InChI is InChI=1S/C19H23N5OS/c1-12-17(23-9-7-19(3,20)8-10-23)22-13(2)24(18(12)25)15-6-4-5-14-16(15)26-11-21-14/h4-6,11H,7-10,20H2,1-3H3. The Bertz CT molecular complexity index is 1030. The van der Waals surface area contributed by atoms with Gasteiger partial charge in [-0.05, 0) is 45.7 Å². The van der Waals surface area contributed by atoms with Crippen molar-refractivity contribution in [2.75, 3.05) is 18.0 Å². The van der Waals surface area contributed by atoms with Crippen LogP contribution in [-0.2, 0) is 0 Å². The van der Waals surface area contributed by atoms with Crippen LogP contribution in [0.15, 0.2) is 28.5 Å². The smallest absolute Gasteiger partial charge is 0.263 e. The van der Waals surface area contributed by atoms with E-state index in [1.807, 2.05) is 32.0 Å². The molecular formula is C19H23N5OS. The predicted octanol–water partition coefficient (Wildman–Crippen LogP) is 2.78. The van der Waals surface area contributed by atoms with E-state index in [9.17, 15) is 4.79 Å². The quantitative estimate of drug-likeness (QED) is 0.752. The highest BCUT2D eigenvalue weighted by atomic mass is 32.1. The number of hydrogen-bond acceptors (Lipinski definition) is 6. The van der Waals surface area contributed by atoms with Crippen molar-refractivity contribution >= 4 is 27.4 Å². The molecule has 0 atom stereocenters. The predicted molar refractivity (Wildman–Crippen MR) is 107 cm³/mol. The first kappa shape index (κ1) is 17.2. The lowest BCUT2D eigenvalue weighted by Gasteiger charge is -2.38. The van der Waals surface area contributed by atoms with Crippen LogP contribution in [-0.4, -0.2) is 33.2 Å². The lowest BCUT2D eigenvalue weighted by atomic mass is 9.91. The van der Waals surface area contributed by atoms with Crippen LogP contribution < -0.4 is 16.2 Å². The van der Waals surface area contributed by atoms with E-state index in [-0.39, 0.29) is 11.1 Å². The molecule has 3 heterocycles. The third-order valence-electron chi connectivity index (χ3n) is 5.23. The summed E-state index contributed by atoms with van der Waals surface area (Å²) in [6.07, 6.45) is 1.80. The van der Waals surface area contributed by atoms with Gasteiger partial charge >= 0.3 is 0 Å². The molecule has 0 amide bonds. The number of hydrogen-bond donors (Lipinski definition) is 1. The van der Waals surface area contributed by atoms with Crippen LogP contribution in [0.3, 0.4) is 0 Å². The zero-order valence-electron chi connectivity index (χ0n) is 15.3. The summed E-state index contributed by atoms with van der Waals surface area (Å²) in [7, 11) is 0. The van der Waals surface area contributed by atoms with Crippen LogP contribution in [0.1, 0.15) is 31.2 Å². The summed E-state index contributed by atoms with van der Waals surface area (Å²) in [5.74, 6) is 1.48. The second kappa shape index (κ2) is 6.17. The van der Waals surface area contributed by atoms with E-state index >= 15 is 0 Å². The van der Waals surface area contributed by atoms with Crippen LogP contribution in [0.5, 0.6) is 0 Å². The number of anilines is 1. The van der Waals surface area contributed by atoms with Crippen LogP contribution >= 0.6 is 11.3 Å². The molecule has 2 aromatic heterocycles. The zero-order chi connectivity index (χ0) is 18.5. The first-order valence-corrected chi connectivity index (χ1v) is 9.72. The zero-order valence-corrected chi connectivity index (χ0v) is 16.1. The summed E-state index contributed by atoms with van der Waals surface area (Å²) in [6.45, 7) is 7.50. The highest BCUT2D eigenvalue weighted by Gasteiger charge is 2.28. The molecule has 3 aromatic rings. The Labute approximate surface area is 156 Å². The Balaban J connectivity index is 1.81. The van der Waals surface area contributed by atoms with Crippen LogP contribution in [0, 0.1) is 13.8 Å². The van der Waals surface area contributed by atoms with Crippen molar-refractivity contribution in [2.24, 2.45) is 5.73 Å². The van der Waals surface area contributed by atoms with Gasteiger partial charge in [-0.2, -0.15) is 0 Å². The molecule has 0 aliphatic carbocycles. The SMILES string of the molecule is Cc1c(N2CCC(C)(N)CC2)nc(C)n(-c2cccc3ncsc23)c1=O. The van der Waals surface area contributed by atoms with Crippen LogP contribution in [0.2, 0.25) is 0 Å². The number of piperidine rings is 1. The van der Waals surface area contributed by atoms with Gasteiger partial charge in [0.1, 0.15) is 11.6 Å². The molecule has 1 saturated heterocycles. The average molecular weight is 369 g/mol. The third-order valence-corrected chi connectivity index (χ3v) is 6.10. The molecule has 0 radical (unpaired) electrons. The molecule has 26 heavy (non-hydrogen) atoms. The van der Waals surface area contributed by atoms with Gasteiger partial charge in [-0.3, -0.25) is 9.36 Å². The molecule has 0 spiro atoms. The molecule has 0 bridgehead atoms. The molecule has 1 fully saturated rings.